The maximum absolute atomic E-state index is 12.8. The van der Waals surface area contributed by atoms with Gasteiger partial charge in [-0.2, -0.15) is 4.98 Å². The molecular formula is C34H53N9O7. The van der Waals surface area contributed by atoms with E-state index < -0.39 is 0 Å². The van der Waals surface area contributed by atoms with Crippen LogP contribution in [-0.2, 0) is 37.0 Å². The average molecular weight is 700 g/mol. The first-order chi connectivity index (χ1) is 24.3. The Morgan fingerprint density at radius 1 is 1.04 bits per heavy atom. The lowest BCUT2D eigenvalue weighted by atomic mass is 10.1. The minimum absolute atomic E-state index is 0.00634. The van der Waals surface area contributed by atoms with Gasteiger partial charge in [-0.05, 0) is 30.2 Å². The van der Waals surface area contributed by atoms with Crippen molar-refractivity contribution in [3.8, 4) is 5.75 Å². The third kappa shape index (κ3) is 11.8. The van der Waals surface area contributed by atoms with Gasteiger partial charge < -0.3 is 45.2 Å². The van der Waals surface area contributed by atoms with Crippen LogP contribution in [-0.4, -0.2) is 127 Å². The van der Waals surface area contributed by atoms with Crippen molar-refractivity contribution >= 4 is 34.6 Å². The Kier molecular flexibility index (Phi) is 15.9. The van der Waals surface area contributed by atoms with Gasteiger partial charge in [0, 0.05) is 51.0 Å². The topological polar surface area (TPSA) is 205 Å². The van der Waals surface area contributed by atoms with Crippen molar-refractivity contribution in [2.24, 2.45) is 5.90 Å². The highest BCUT2D eigenvalue weighted by Gasteiger charge is 2.22. The van der Waals surface area contributed by atoms with Crippen molar-refractivity contribution in [1.82, 2.24) is 29.7 Å². The summed E-state index contributed by atoms with van der Waals surface area (Å²) in [7, 11) is 1.67. The molecule has 2 amide bonds. The summed E-state index contributed by atoms with van der Waals surface area (Å²) in [5.74, 6) is 6.18. The Morgan fingerprint density at radius 3 is 2.54 bits per heavy atom. The van der Waals surface area contributed by atoms with E-state index in [0.717, 1.165) is 66.8 Å². The lowest BCUT2D eigenvalue weighted by Crippen LogP contribution is -2.48. The van der Waals surface area contributed by atoms with E-state index >= 15 is 0 Å². The number of hydrogen-bond donors (Lipinski definition) is 5. The number of nitrogens with two attached hydrogens (primary N) is 2. The quantitative estimate of drug-likeness (QED) is 0.0738. The van der Waals surface area contributed by atoms with Crippen LogP contribution in [0.5, 0.6) is 5.75 Å². The number of piperazine rings is 1. The SMILES string of the molecule is CCCC[C@@H](CO)Nc1nc(N)nc2ccn(Cc3cc(CN4CCN(C(=O)CCOCCOCCNC(=O)CON)CC4)ccc3OC)c12. The average Bonchev–Trinajstić information content (AvgIpc) is 3.51. The molecular weight excluding hydrogens is 646 g/mol. The molecule has 0 bridgehead atoms. The van der Waals surface area contributed by atoms with Crippen molar-refractivity contribution in [1.29, 1.82) is 0 Å². The van der Waals surface area contributed by atoms with E-state index in [1.807, 2.05) is 23.2 Å². The van der Waals surface area contributed by atoms with Gasteiger partial charge in [-0.15, -0.1) is 0 Å². The summed E-state index contributed by atoms with van der Waals surface area (Å²) >= 11 is 0. The van der Waals surface area contributed by atoms with Gasteiger partial charge in [-0.1, -0.05) is 25.8 Å². The van der Waals surface area contributed by atoms with Crippen molar-refractivity contribution in [3.63, 3.8) is 0 Å². The van der Waals surface area contributed by atoms with Crippen LogP contribution < -0.4 is 27.0 Å². The number of benzene rings is 1. The van der Waals surface area contributed by atoms with Crippen LogP contribution in [0.15, 0.2) is 30.5 Å². The number of aliphatic hydroxyl groups is 1. The molecule has 2 aromatic heterocycles. The molecule has 50 heavy (non-hydrogen) atoms. The number of ether oxygens (including phenoxy) is 3. The molecule has 3 aromatic rings. The van der Waals surface area contributed by atoms with Crippen LogP contribution in [0, 0.1) is 0 Å². The molecule has 1 aliphatic heterocycles. The fourth-order valence-corrected chi connectivity index (χ4v) is 5.89. The number of carbonyl (C=O) groups is 2. The summed E-state index contributed by atoms with van der Waals surface area (Å²) < 4.78 is 18.8. The highest BCUT2D eigenvalue weighted by Crippen LogP contribution is 2.28. The Hall–Kier alpha value is -4.06. The monoisotopic (exact) mass is 699 g/mol. The van der Waals surface area contributed by atoms with E-state index in [-0.39, 0.29) is 37.0 Å². The van der Waals surface area contributed by atoms with E-state index in [1.165, 1.54) is 0 Å². The molecule has 7 N–H and O–H groups in total. The molecule has 0 saturated carbocycles. The van der Waals surface area contributed by atoms with Gasteiger partial charge in [0.15, 0.2) is 5.82 Å². The summed E-state index contributed by atoms with van der Waals surface area (Å²) in [6.07, 6.45) is 5.13. The number of anilines is 2. The Bertz CT molecular complexity index is 1500. The summed E-state index contributed by atoms with van der Waals surface area (Å²) in [5, 5.41) is 16.0. The summed E-state index contributed by atoms with van der Waals surface area (Å²) in [6.45, 7) is 7.85. The number of hydrogen-bond acceptors (Lipinski definition) is 13. The fourth-order valence-electron chi connectivity index (χ4n) is 5.89. The van der Waals surface area contributed by atoms with Gasteiger partial charge in [0.1, 0.15) is 17.9 Å². The van der Waals surface area contributed by atoms with Crippen LogP contribution in [0.25, 0.3) is 11.0 Å². The first kappa shape index (κ1) is 38.7. The highest BCUT2D eigenvalue weighted by atomic mass is 16.6. The number of methoxy groups -OCH3 is 1. The summed E-state index contributed by atoms with van der Waals surface area (Å²) in [5.41, 5.74) is 9.75. The Morgan fingerprint density at radius 2 is 1.82 bits per heavy atom. The summed E-state index contributed by atoms with van der Waals surface area (Å²) in [4.78, 5) is 41.5. The zero-order valence-corrected chi connectivity index (χ0v) is 29.3. The number of nitrogens with one attached hydrogen (secondary N) is 2. The lowest BCUT2D eigenvalue weighted by molar-refractivity contribution is -0.134. The highest BCUT2D eigenvalue weighted by molar-refractivity contribution is 5.87. The number of nitrogens with zero attached hydrogens (tertiary/aromatic N) is 5. The number of unbranched alkanes of at least 4 members (excludes halogenated alkanes) is 1. The molecule has 4 rings (SSSR count). The maximum atomic E-state index is 12.8. The van der Waals surface area contributed by atoms with Gasteiger partial charge in [0.25, 0.3) is 0 Å². The molecule has 1 aliphatic rings. The number of carbonyl (C=O) groups excluding carboxylic acids is 2. The van der Waals surface area contributed by atoms with Gasteiger partial charge in [0.05, 0.1) is 64.7 Å². The lowest BCUT2D eigenvalue weighted by Gasteiger charge is -2.35. The molecule has 0 spiro atoms. The van der Waals surface area contributed by atoms with Crippen LogP contribution in [0.1, 0.15) is 43.7 Å². The number of nitrogen functional groups attached to an aromatic ring is 1. The number of aliphatic hydroxyl groups excluding tert-OH is 1. The number of amides is 2. The first-order valence-corrected chi connectivity index (χ1v) is 17.2. The van der Waals surface area contributed by atoms with Crippen molar-refractivity contribution in [2.75, 3.05) is 90.5 Å². The van der Waals surface area contributed by atoms with Crippen molar-refractivity contribution in [2.45, 2.75) is 51.7 Å². The van der Waals surface area contributed by atoms with Crippen LogP contribution in [0.3, 0.4) is 0 Å². The predicted molar refractivity (Wildman–Crippen MR) is 189 cm³/mol. The maximum Gasteiger partial charge on any atom is 0.248 e. The zero-order chi connectivity index (χ0) is 35.7. The molecule has 1 fully saturated rings. The van der Waals surface area contributed by atoms with E-state index in [4.69, 9.17) is 25.8 Å². The number of fused-ring (bicyclic) bond motifs is 1. The normalized spacial score (nSPS) is 14.2. The molecule has 1 saturated heterocycles. The third-order valence-corrected chi connectivity index (χ3v) is 8.53. The van der Waals surface area contributed by atoms with Crippen LogP contribution in [0.2, 0.25) is 0 Å². The minimum atomic E-state index is -0.305. The van der Waals surface area contributed by atoms with Crippen LogP contribution in [0.4, 0.5) is 11.8 Å². The van der Waals surface area contributed by atoms with Gasteiger partial charge >= 0.3 is 0 Å². The minimum Gasteiger partial charge on any atom is -0.496 e. The molecule has 0 radical (unpaired) electrons. The number of aromatic nitrogens is 3. The van der Waals surface area contributed by atoms with Crippen molar-refractivity contribution < 1.29 is 33.7 Å². The molecule has 3 heterocycles. The second-order valence-electron chi connectivity index (χ2n) is 12.2. The third-order valence-electron chi connectivity index (χ3n) is 8.53. The molecule has 16 heteroatoms. The van der Waals surface area contributed by atoms with E-state index in [1.54, 1.807) is 7.11 Å². The molecule has 1 atom stereocenters. The van der Waals surface area contributed by atoms with Crippen LogP contribution >= 0.6 is 0 Å². The molecule has 16 nitrogen and oxygen atoms in total. The molecule has 0 unspecified atom stereocenters. The molecule has 1 aromatic carbocycles. The first-order valence-electron chi connectivity index (χ1n) is 17.2. The van der Waals surface area contributed by atoms with Gasteiger partial charge in [-0.25, -0.2) is 10.9 Å². The van der Waals surface area contributed by atoms with Gasteiger partial charge in [0.2, 0.25) is 17.8 Å². The molecule has 0 aliphatic carbocycles. The fraction of sp³-hybridized carbons (Fsp3) is 0.588. The summed E-state index contributed by atoms with van der Waals surface area (Å²) in [6, 6.07) is 8.03. The smallest absolute Gasteiger partial charge is 0.248 e. The second-order valence-corrected chi connectivity index (χ2v) is 12.2. The largest absolute Gasteiger partial charge is 0.496 e. The Balaban J connectivity index is 1.25. The number of rotatable bonds is 22. The second kappa shape index (κ2) is 20.6. The van der Waals surface area contributed by atoms with E-state index in [9.17, 15) is 14.7 Å². The van der Waals surface area contributed by atoms with E-state index in [2.05, 4.69) is 54.0 Å². The van der Waals surface area contributed by atoms with Crippen molar-refractivity contribution in [3.05, 3.63) is 41.6 Å². The van der Waals surface area contributed by atoms with E-state index in [0.29, 0.717) is 64.8 Å². The standard InChI is InChI=1S/C34H53N9O7/c1-3-4-5-27(23-44)38-33-32-28(39-34(35)40-33)8-11-43(32)22-26-20-25(6-7-29(26)47-2)21-41-12-14-42(15-13-41)31(46)9-16-48-18-19-49-17-10-37-30(45)24-50-36/h6-8,11,20,27,44H,3-5,9-10,12-19,21-24,36H2,1-2H3,(H,37,45)(H3,35,38,39,40)/t27-/m0/s1. The Labute approximate surface area is 293 Å². The van der Waals surface area contributed by atoms with Gasteiger partial charge in [-0.3, -0.25) is 19.3 Å². The predicted octanol–water partition coefficient (Wildman–Crippen LogP) is 1.11. The molecule has 276 valence electrons. The zero-order valence-electron chi connectivity index (χ0n) is 29.3.